The fraction of sp³-hybridized carbons (Fsp3) is 0.320. The summed E-state index contributed by atoms with van der Waals surface area (Å²) in [6.07, 6.45) is 5.16. The predicted molar refractivity (Wildman–Crippen MR) is 126 cm³/mol. The zero-order valence-electron chi connectivity index (χ0n) is 19.3. The van der Waals surface area contributed by atoms with E-state index in [9.17, 15) is 14.0 Å². The van der Waals surface area contributed by atoms with Gasteiger partial charge in [-0.15, -0.1) is 0 Å². The summed E-state index contributed by atoms with van der Waals surface area (Å²) in [7, 11) is 1.56. The molecule has 1 aromatic heterocycles. The van der Waals surface area contributed by atoms with Crippen molar-refractivity contribution in [2.24, 2.45) is 0 Å². The van der Waals surface area contributed by atoms with Crippen molar-refractivity contribution in [2.75, 3.05) is 20.2 Å². The van der Waals surface area contributed by atoms with E-state index in [0.717, 1.165) is 29.8 Å². The maximum absolute atomic E-state index is 13.0. The SMILES string of the molecule is COc1cc(C(=O)NC2CCCN(C(=O)NCc3ccc(F)cc3)C2)ccc1-n1cnc(C)c1. The van der Waals surface area contributed by atoms with E-state index >= 15 is 0 Å². The molecule has 2 aromatic carbocycles. The zero-order chi connectivity index (χ0) is 24.1. The molecule has 1 aliphatic heterocycles. The first kappa shape index (κ1) is 23.3. The largest absolute Gasteiger partial charge is 0.495 e. The van der Waals surface area contributed by atoms with Crippen molar-refractivity contribution < 1.29 is 18.7 Å². The number of hydrogen-bond acceptors (Lipinski definition) is 4. The van der Waals surface area contributed by atoms with Gasteiger partial charge in [0, 0.05) is 37.4 Å². The summed E-state index contributed by atoms with van der Waals surface area (Å²) in [5.41, 5.74) is 2.98. The second kappa shape index (κ2) is 10.4. The highest BCUT2D eigenvalue weighted by atomic mass is 19.1. The number of methoxy groups -OCH3 is 1. The second-order valence-corrected chi connectivity index (χ2v) is 8.35. The van der Waals surface area contributed by atoms with Crippen LogP contribution in [0.1, 0.15) is 34.5 Å². The highest BCUT2D eigenvalue weighted by Crippen LogP contribution is 2.25. The molecule has 34 heavy (non-hydrogen) atoms. The highest BCUT2D eigenvalue weighted by molar-refractivity contribution is 5.95. The number of rotatable bonds is 6. The molecular formula is C25H28FN5O3. The van der Waals surface area contributed by atoms with Crippen molar-refractivity contribution in [2.45, 2.75) is 32.4 Å². The first-order chi connectivity index (χ1) is 16.4. The minimum Gasteiger partial charge on any atom is -0.495 e. The Morgan fingerprint density at radius 3 is 2.71 bits per heavy atom. The first-order valence-corrected chi connectivity index (χ1v) is 11.2. The Bertz CT molecular complexity index is 1160. The van der Waals surface area contributed by atoms with Crippen molar-refractivity contribution in [3.05, 3.63) is 77.6 Å². The Kier molecular flexibility index (Phi) is 7.10. The molecular weight excluding hydrogens is 437 g/mol. The van der Waals surface area contributed by atoms with Crippen LogP contribution in [-0.4, -0.2) is 52.6 Å². The van der Waals surface area contributed by atoms with Gasteiger partial charge in [0.25, 0.3) is 5.91 Å². The predicted octanol–water partition coefficient (Wildman–Crippen LogP) is 3.43. The third-order valence-corrected chi connectivity index (χ3v) is 5.83. The number of nitrogens with zero attached hydrogens (tertiary/aromatic N) is 3. The van der Waals surface area contributed by atoms with E-state index in [0.29, 0.717) is 30.9 Å². The number of carbonyl (C=O) groups excluding carboxylic acids is 2. The lowest BCUT2D eigenvalue weighted by Crippen LogP contribution is -2.52. The third kappa shape index (κ3) is 5.54. The van der Waals surface area contributed by atoms with Gasteiger partial charge in [0.2, 0.25) is 0 Å². The Morgan fingerprint density at radius 1 is 1.21 bits per heavy atom. The Hall–Kier alpha value is -3.88. The lowest BCUT2D eigenvalue weighted by molar-refractivity contribution is 0.0910. The minimum absolute atomic E-state index is 0.153. The van der Waals surface area contributed by atoms with Crippen LogP contribution < -0.4 is 15.4 Å². The molecule has 1 fully saturated rings. The molecule has 8 nitrogen and oxygen atoms in total. The normalized spacial score (nSPS) is 15.6. The number of carbonyl (C=O) groups is 2. The van der Waals surface area contributed by atoms with E-state index in [-0.39, 0.29) is 23.8 Å². The molecule has 9 heteroatoms. The number of piperidine rings is 1. The average molecular weight is 466 g/mol. The van der Waals surface area contributed by atoms with Gasteiger partial charge in [0.1, 0.15) is 11.6 Å². The monoisotopic (exact) mass is 465 g/mol. The van der Waals surface area contributed by atoms with E-state index < -0.39 is 0 Å². The summed E-state index contributed by atoms with van der Waals surface area (Å²) in [6.45, 7) is 3.26. The number of hydrogen-bond donors (Lipinski definition) is 2. The standard InChI is InChI=1S/C25H28FN5O3/c1-17-14-31(16-28-17)22-10-7-19(12-23(22)34-2)24(32)29-21-4-3-11-30(15-21)25(33)27-13-18-5-8-20(26)9-6-18/h5-10,12,14,16,21H,3-4,11,13,15H2,1-2H3,(H,27,33)(H,29,32). The van der Waals surface area contributed by atoms with E-state index in [1.54, 1.807) is 42.6 Å². The number of aromatic nitrogens is 2. The highest BCUT2D eigenvalue weighted by Gasteiger charge is 2.25. The van der Waals surface area contributed by atoms with Crippen molar-refractivity contribution in [3.8, 4) is 11.4 Å². The molecule has 3 aromatic rings. The first-order valence-electron chi connectivity index (χ1n) is 11.2. The lowest BCUT2D eigenvalue weighted by atomic mass is 10.0. The molecule has 1 atom stereocenters. The van der Waals surface area contributed by atoms with Gasteiger partial charge in [-0.3, -0.25) is 4.79 Å². The van der Waals surface area contributed by atoms with Gasteiger partial charge in [-0.05, 0) is 55.7 Å². The van der Waals surface area contributed by atoms with Gasteiger partial charge in [-0.25, -0.2) is 14.2 Å². The Balaban J connectivity index is 1.35. The summed E-state index contributed by atoms with van der Waals surface area (Å²) in [6, 6.07) is 10.9. The zero-order valence-corrected chi connectivity index (χ0v) is 19.3. The summed E-state index contributed by atoms with van der Waals surface area (Å²) < 4.78 is 20.4. The molecule has 4 rings (SSSR count). The number of amides is 3. The molecule has 0 aliphatic carbocycles. The van der Waals surface area contributed by atoms with E-state index in [1.165, 1.54) is 12.1 Å². The van der Waals surface area contributed by atoms with Crippen LogP contribution >= 0.6 is 0 Å². The molecule has 1 unspecified atom stereocenters. The number of urea groups is 1. The van der Waals surface area contributed by atoms with E-state index in [1.807, 2.05) is 23.8 Å². The van der Waals surface area contributed by atoms with Crippen LogP contribution in [0.25, 0.3) is 5.69 Å². The topological polar surface area (TPSA) is 88.5 Å². The smallest absolute Gasteiger partial charge is 0.317 e. The molecule has 2 N–H and O–H groups in total. The average Bonchev–Trinajstić information content (AvgIpc) is 3.29. The Morgan fingerprint density at radius 2 is 2.00 bits per heavy atom. The van der Waals surface area contributed by atoms with Crippen LogP contribution in [0.3, 0.4) is 0 Å². The number of imidazole rings is 1. The van der Waals surface area contributed by atoms with Crippen molar-refractivity contribution in [1.29, 1.82) is 0 Å². The fourth-order valence-electron chi connectivity index (χ4n) is 4.03. The van der Waals surface area contributed by atoms with Crippen LogP contribution in [-0.2, 0) is 6.54 Å². The van der Waals surface area contributed by atoms with E-state index in [4.69, 9.17) is 4.74 Å². The Labute approximate surface area is 197 Å². The van der Waals surface area contributed by atoms with Crippen LogP contribution in [0.2, 0.25) is 0 Å². The molecule has 0 saturated carbocycles. The number of ether oxygens (including phenoxy) is 1. The molecule has 1 saturated heterocycles. The van der Waals surface area contributed by atoms with Crippen LogP contribution in [0.5, 0.6) is 5.75 Å². The van der Waals surface area contributed by atoms with Crippen molar-refractivity contribution in [1.82, 2.24) is 25.1 Å². The fourth-order valence-corrected chi connectivity index (χ4v) is 4.03. The van der Waals surface area contributed by atoms with Gasteiger partial charge in [-0.2, -0.15) is 0 Å². The van der Waals surface area contributed by atoms with Crippen molar-refractivity contribution in [3.63, 3.8) is 0 Å². The molecule has 0 spiro atoms. The van der Waals surface area contributed by atoms with Crippen molar-refractivity contribution >= 4 is 11.9 Å². The molecule has 2 heterocycles. The second-order valence-electron chi connectivity index (χ2n) is 8.35. The molecule has 1 aliphatic rings. The molecule has 3 amide bonds. The van der Waals surface area contributed by atoms with Crippen LogP contribution in [0, 0.1) is 12.7 Å². The molecule has 0 radical (unpaired) electrons. The number of aryl methyl sites for hydroxylation is 1. The lowest BCUT2D eigenvalue weighted by Gasteiger charge is -2.33. The molecule has 0 bridgehead atoms. The van der Waals surface area contributed by atoms with Gasteiger partial charge in [0.05, 0.1) is 24.8 Å². The number of nitrogens with one attached hydrogen (secondary N) is 2. The van der Waals surface area contributed by atoms with Gasteiger partial charge < -0.3 is 24.8 Å². The number of halogens is 1. The summed E-state index contributed by atoms with van der Waals surface area (Å²) in [4.78, 5) is 31.4. The minimum atomic E-state index is -0.311. The van der Waals surface area contributed by atoms with Crippen LogP contribution in [0.15, 0.2) is 55.0 Å². The van der Waals surface area contributed by atoms with Gasteiger partial charge >= 0.3 is 6.03 Å². The summed E-state index contributed by atoms with van der Waals surface area (Å²) in [5, 5.41) is 5.90. The summed E-state index contributed by atoms with van der Waals surface area (Å²) in [5.74, 6) is 0.0366. The van der Waals surface area contributed by atoms with Gasteiger partial charge in [-0.1, -0.05) is 12.1 Å². The van der Waals surface area contributed by atoms with E-state index in [2.05, 4.69) is 15.6 Å². The summed E-state index contributed by atoms with van der Waals surface area (Å²) >= 11 is 0. The van der Waals surface area contributed by atoms with Gasteiger partial charge in [0.15, 0.2) is 0 Å². The van der Waals surface area contributed by atoms with Crippen LogP contribution in [0.4, 0.5) is 9.18 Å². The number of benzene rings is 2. The quantitative estimate of drug-likeness (QED) is 0.584. The third-order valence-electron chi connectivity index (χ3n) is 5.83. The molecule has 178 valence electrons. The maximum atomic E-state index is 13.0. The maximum Gasteiger partial charge on any atom is 0.317 e. The number of likely N-dealkylation sites (tertiary alicyclic amines) is 1.